The van der Waals surface area contributed by atoms with Gasteiger partial charge in [-0.25, -0.2) is 13.8 Å². The average Bonchev–Trinajstić information content (AvgIpc) is 3.33. The number of halogens is 2. The van der Waals surface area contributed by atoms with E-state index in [1.165, 1.54) is 12.8 Å². The molecule has 1 aromatic heterocycles. The molecule has 0 radical (unpaired) electrons. The molecular weight excluding hydrogens is 376 g/mol. The van der Waals surface area contributed by atoms with Crippen molar-refractivity contribution in [2.75, 3.05) is 13.1 Å². The van der Waals surface area contributed by atoms with Crippen molar-refractivity contribution in [2.24, 2.45) is 7.05 Å². The van der Waals surface area contributed by atoms with E-state index in [1.54, 1.807) is 12.1 Å². The summed E-state index contributed by atoms with van der Waals surface area (Å²) in [6.45, 7) is 3.05. The summed E-state index contributed by atoms with van der Waals surface area (Å²) in [5.74, 6) is -0.528. The van der Waals surface area contributed by atoms with E-state index in [1.807, 2.05) is 25.4 Å². The molecule has 1 aliphatic rings. The molecule has 2 heterocycles. The molecule has 1 fully saturated rings. The summed E-state index contributed by atoms with van der Waals surface area (Å²) >= 11 is 0. The van der Waals surface area contributed by atoms with Gasteiger partial charge in [-0.3, -0.25) is 9.69 Å². The Morgan fingerprint density at radius 1 is 1.14 bits per heavy atom. The Bertz CT molecular complexity index is 1030. The zero-order valence-corrected chi connectivity index (χ0v) is 16.1. The summed E-state index contributed by atoms with van der Waals surface area (Å²) in [6.07, 6.45) is 4.63. The predicted octanol–water partition coefficient (Wildman–Crippen LogP) is 4.57. The van der Waals surface area contributed by atoms with Crippen LogP contribution in [0.4, 0.5) is 8.78 Å². The first-order valence-electron chi connectivity index (χ1n) is 9.50. The van der Waals surface area contributed by atoms with Crippen molar-refractivity contribution in [3.05, 3.63) is 65.6 Å². The molecule has 4 rings (SSSR count). The van der Waals surface area contributed by atoms with Crippen LogP contribution in [0.2, 0.25) is 0 Å². The minimum Gasteiger partial charge on any atom is -0.456 e. The molecule has 0 saturated carbocycles. The van der Waals surface area contributed by atoms with E-state index in [9.17, 15) is 13.6 Å². The molecule has 1 aliphatic heterocycles. The molecule has 0 spiro atoms. The summed E-state index contributed by atoms with van der Waals surface area (Å²) in [4.78, 5) is 18.0. The molecule has 150 valence electrons. The van der Waals surface area contributed by atoms with Crippen molar-refractivity contribution in [3.63, 3.8) is 0 Å². The van der Waals surface area contributed by atoms with Gasteiger partial charge in [-0.1, -0.05) is 0 Å². The SMILES string of the molecule is Cn1c(-c2ccc(Oc3cc(F)cc(F)c3C=O)cc2)cnc1CN1CCCC1. The van der Waals surface area contributed by atoms with Crippen LogP contribution in [0.1, 0.15) is 29.0 Å². The number of rotatable bonds is 6. The minimum absolute atomic E-state index is 0.154. The van der Waals surface area contributed by atoms with Crippen LogP contribution < -0.4 is 4.74 Å². The van der Waals surface area contributed by atoms with Gasteiger partial charge in [-0.15, -0.1) is 0 Å². The Hall–Kier alpha value is -3.06. The Kier molecular flexibility index (Phi) is 5.40. The van der Waals surface area contributed by atoms with E-state index < -0.39 is 11.6 Å². The highest BCUT2D eigenvalue weighted by molar-refractivity contribution is 5.80. The zero-order chi connectivity index (χ0) is 20.4. The van der Waals surface area contributed by atoms with Crippen molar-refractivity contribution in [3.8, 4) is 22.8 Å². The lowest BCUT2D eigenvalue weighted by atomic mass is 10.1. The molecule has 0 aliphatic carbocycles. The number of hydrogen-bond donors (Lipinski definition) is 0. The number of hydrogen-bond acceptors (Lipinski definition) is 4. The molecule has 5 nitrogen and oxygen atoms in total. The lowest BCUT2D eigenvalue weighted by Crippen LogP contribution is -2.20. The fraction of sp³-hybridized carbons (Fsp3) is 0.273. The van der Waals surface area contributed by atoms with E-state index in [2.05, 4.69) is 14.5 Å². The second-order valence-corrected chi connectivity index (χ2v) is 7.15. The third-order valence-corrected chi connectivity index (χ3v) is 5.20. The smallest absolute Gasteiger partial charge is 0.156 e. The Labute approximate surface area is 167 Å². The van der Waals surface area contributed by atoms with Gasteiger partial charge in [0, 0.05) is 24.7 Å². The quantitative estimate of drug-likeness (QED) is 0.572. The number of likely N-dealkylation sites (tertiary alicyclic amines) is 1. The van der Waals surface area contributed by atoms with E-state index in [0.717, 1.165) is 42.8 Å². The summed E-state index contributed by atoms with van der Waals surface area (Å²) in [6, 6.07) is 8.73. The summed E-state index contributed by atoms with van der Waals surface area (Å²) in [7, 11) is 1.99. The van der Waals surface area contributed by atoms with Crippen LogP contribution in [-0.4, -0.2) is 33.8 Å². The number of carbonyl (C=O) groups is 1. The van der Waals surface area contributed by atoms with Gasteiger partial charge in [-0.05, 0) is 50.2 Å². The number of ether oxygens (including phenoxy) is 1. The first-order chi connectivity index (χ1) is 14.0. The van der Waals surface area contributed by atoms with Crippen LogP contribution in [0.3, 0.4) is 0 Å². The van der Waals surface area contributed by atoms with Gasteiger partial charge in [0.15, 0.2) is 6.29 Å². The number of imidazole rings is 1. The highest BCUT2D eigenvalue weighted by Gasteiger charge is 2.16. The van der Waals surface area contributed by atoms with Crippen LogP contribution in [0, 0.1) is 11.6 Å². The molecule has 2 aromatic carbocycles. The molecule has 0 bridgehead atoms. The van der Waals surface area contributed by atoms with Gasteiger partial charge in [0.05, 0.1) is 24.0 Å². The van der Waals surface area contributed by atoms with Crippen LogP contribution in [0.25, 0.3) is 11.3 Å². The maximum Gasteiger partial charge on any atom is 0.156 e. The molecule has 29 heavy (non-hydrogen) atoms. The Morgan fingerprint density at radius 2 is 1.86 bits per heavy atom. The second-order valence-electron chi connectivity index (χ2n) is 7.15. The van der Waals surface area contributed by atoms with E-state index in [-0.39, 0.29) is 11.3 Å². The van der Waals surface area contributed by atoms with Crippen LogP contribution in [0.5, 0.6) is 11.5 Å². The first kappa shape index (κ1) is 19.3. The molecule has 1 saturated heterocycles. The fourth-order valence-corrected chi connectivity index (χ4v) is 3.58. The summed E-state index contributed by atoms with van der Waals surface area (Å²) in [5.41, 5.74) is 1.60. The normalized spacial score (nSPS) is 14.3. The largest absolute Gasteiger partial charge is 0.456 e. The number of carbonyl (C=O) groups excluding carboxylic acids is 1. The van der Waals surface area contributed by atoms with Gasteiger partial charge >= 0.3 is 0 Å². The topological polar surface area (TPSA) is 47.4 Å². The predicted molar refractivity (Wildman–Crippen MR) is 105 cm³/mol. The van der Waals surface area contributed by atoms with Crippen LogP contribution >= 0.6 is 0 Å². The van der Waals surface area contributed by atoms with Gasteiger partial charge in [0.25, 0.3) is 0 Å². The van der Waals surface area contributed by atoms with E-state index in [0.29, 0.717) is 18.1 Å². The fourth-order valence-electron chi connectivity index (χ4n) is 3.58. The molecular formula is C22H21F2N3O2. The van der Waals surface area contributed by atoms with Crippen molar-refractivity contribution in [2.45, 2.75) is 19.4 Å². The lowest BCUT2D eigenvalue weighted by molar-refractivity contribution is 0.111. The van der Waals surface area contributed by atoms with Crippen molar-refractivity contribution in [1.29, 1.82) is 0 Å². The van der Waals surface area contributed by atoms with E-state index >= 15 is 0 Å². The minimum atomic E-state index is -0.952. The molecule has 7 heteroatoms. The van der Waals surface area contributed by atoms with E-state index in [4.69, 9.17) is 4.74 Å². The van der Waals surface area contributed by atoms with Crippen LogP contribution in [-0.2, 0) is 13.6 Å². The monoisotopic (exact) mass is 397 g/mol. The van der Waals surface area contributed by atoms with Gasteiger partial charge in [0.1, 0.15) is 29.0 Å². The molecule has 0 N–H and O–H groups in total. The lowest BCUT2D eigenvalue weighted by Gasteiger charge is -2.14. The third-order valence-electron chi connectivity index (χ3n) is 5.20. The Morgan fingerprint density at radius 3 is 2.55 bits per heavy atom. The number of nitrogens with zero attached hydrogens (tertiary/aromatic N) is 3. The maximum atomic E-state index is 13.7. The Balaban J connectivity index is 1.53. The van der Waals surface area contributed by atoms with Crippen molar-refractivity contribution < 1.29 is 18.3 Å². The van der Waals surface area contributed by atoms with Gasteiger partial charge in [-0.2, -0.15) is 0 Å². The molecule has 0 unspecified atom stereocenters. The molecule has 0 amide bonds. The maximum absolute atomic E-state index is 13.7. The number of aromatic nitrogens is 2. The van der Waals surface area contributed by atoms with Gasteiger partial charge < -0.3 is 9.30 Å². The molecule has 0 atom stereocenters. The van der Waals surface area contributed by atoms with Crippen molar-refractivity contribution in [1.82, 2.24) is 14.5 Å². The molecule has 3 aromatic rings. The highest BCUT2D eigenvalue weighted by atomic mass is 19.1. The van der Waals surface area contributed by atoms with Gasteiger partial charge in [0.2, 0.25) is 0 Å². The summed E-state index contributed by atoms with van der Waals surface area (Å²) in [5, 5.41) is 0. The second kappa shape index (κ2) is 8.13. The number of benzene rings is 2. The summed E-state index contributed by atoms with van der Waals surface area (Å²) < 4.78 is 34.8. The van der Waals surface area contributed by atoms with Crippen molar-refractivity contribution >= 4 is 6.29 Å². The third kappa shape index (κ3) is 4.05. The highest BCUT2D eigenvalue weighted by Crippen LogP contribution is 2.29. The van der Waals surface area contributed by atoms with Crippen LogP contribution in [0.15, 0.2) is 42.6 Å². The average molecular weight is 397 g/mol. The number of aldehydes is 1. The standard InChI is InChI=1S/C22H21F2N3O2/c1-26-20(12-25-22(26)13-27-8-2-3-9-27)15-4-6-17(7-5-15)29-21-11-16(23)10-19(24)18(21)14-28/h4-7,10-12,14H,2-3,8-9,13H2,1H3. The first-order valence-corrected chi connectivity index (χ1v) is 9.50. The zero-order valence-electron chi connectivity index (χ0n) is 16.1.